The fraction of sp³-hybridized carbons (Fsp3) is 0.333. The van der Waals surface area contributed by atoms with Gasteiger partial charge in [-0.2, -0.15) is 5.10 Å². The van der Waals surface area contributed by atoms with Crippen molar-refractivity contribution in [1.29, 1.82) is 0 Å². The molecule has 1 N–H and O–H groups in total. The first-order valence-electron chi connectivity index (χ1n) is 9.24. The average Bonchev–Trinajstić information content (AvgIpc) is 2.71. The zero-order valence-electron chi connectivity index (χ0n) is 16.4. The summed E-state index contributed by atoms with van der Waals surface area (Å²) >= 11 is 11.8. The van der Waals surface area contributed by atoms with Crippen molar-refractivity contribution in [2.75, 3.05) is 20.3 Å². The molecule has 0 aliphatic heterocycles. The van der Waals surface area contributed by atoms with E-state index in [1.54, 1.807) is 31.4 Å². The molecule has 2 rings (SSSR count). The second-order valence-corrected chi connectivity index (χ2v) is 6.97. The minimum Gasteiger partial charge on any atom is -0.493 e. The molecule has 2 aromatic carbocycles. The van der Waals surface area contributed by atoms with Crippen LogP contribution in [0.1, 0.15) is 31.7 Å². The Morgan fingerprint density at radius 1 is 1.07 bits per heavy atom. The van der Waals surface area contributed by atoms with Crippen molar-refractivity contribution in [1.82, 2.24) is 5.43 Å². The van der Waals surface area contributed by atoms with Crippen molar-refractivity contribution in [2.24, 2.45) is 5.10 Å². The molecule has 0 aromatic heterocycles. The van der Waals surface area contributed by atoms with Crippen molar-refractivity contribution in [3.63, 3.8) is 0 Å². The maximum atomic E-state index is 11.9. The lowest BCUT2D eigenvalue weighted by molar-refractivity contribution is -0.123. The molecular formula is C21H24Cl2N2O4. The van der Waals surface area contributed by atoms with E-state index in [2.05, 4.69) is 17.5 Å². The Morgan fingerprint density at radius 2 is 1.86 bits per heavy atom. The highest BCUT2D eigenvalue weighted by atomic mass is 35.5. The molecule has 8 heteroatoms. The molecule has 0 heterocycles. The van der Waals surface area contributed by atoms with Crippen molar-refractivity contribution in [3.8, 4) is 17.2 Å². The van der Waals surface area contributed by atoms with Crippen molar-refractivity contribution in [2.45, 2.75) is 26.2 Å². The minimum absolute atomic E-state index is 0.230. The highest BCUT2D eigenvalue weighted by Crippen LogP contribution is 2.28. The maximum Gasteiger partial charge on any atom is 0.277 e. The third-order valence-corrected chi connectivity index (χ3v) is 4.38. The molecule has 156 valence electrons. The van der Waals surface area contributed by atoms with Gasteiger partial charge in [-0.3, -0.25) is 4.79 Å². The molecule has 0 aliphatic rings. The molecule has 0 bridgehead atoms. The number of hydrogen-bond donors (Lipinski definition) is 1. The van der Waals surface area contributed by atoms with Gasteiger partial charge < -0.3 is 14.2 Å². The van der Waals surface area contributed by atoms with Crippen molar-refractivity contribution < 1.29 is 19.0 Å². The summed E-state index contributed by atoms with van der Waals surface area (Å²) in [5, 5.41) is 4.75. The van der Waals surface area contributed by atoms with Gasteiger partial charge in [0.2, 0.25) is 0 Å². The number of carbonyl (C=O) groups excluding carboxylic acids is 1. The monoisotopic (exact) mass is 438 g/mol. The van der Waals surface area contributed by atoms with Crippen molar-refractivity contribution in [3.05, 3.63) is 52.0 Å². The smallest absolute Gasteiger partial charge is 0.277 e. The van der Waals surface area contributed by atoms with Gasteiger partial charge in [0.25, 0.3) is 5.91 Å². The molecule has 0 aliphatic carbocycles. The molecule has 0 saturated heterocycles. The van der Waals surface area contributed by atoms with Crippen LogP contribution in [-0.2, 0) is 4.79 Å². The van der Waals surface area contributed by atoms with Gasteiger partial charge in [-0.1, -0.05) is 43.0 Å². The zero-order chi connectivity index (χ0) is 21.1. The normalized spacial score (nSPS) is 10.8. The third-order valence-electron chi connectivity index (χ3n) is 3.85. The first kappa shape index (κ1) is 22.8. The highest BCUT2D eigenvalue weighted by Gasteiger charge is 2.07. The van der Waals surface area contributed by atoms with Crippen LogP contribution in [0.3, 0.4) is 0 Å². The number of carbonyl (C=O) groups is 1. The Morgan fingerprint density at radius 3 is 2.59 bits per heavy atom. The molecule has 0 fully saturated rings. The molecule has 0 spiro atoms. The van der Waals surface area contributed by atoms with Crippen LogP contribution in [0.15, 0.2) is 41.5 Å². The van der Waals surface area contributed by atoms with Gasteiger partial charge >= 0.3 is 0 Å². The number of amides is 1. The lowest BCUT2D eigenvalue weighted by atomic mass is 10.2. The van der Waals surface area contributed by atoms with Crippen LogP contribution in [0.25, 0.3) is 0 Å². The van der Waals surface area contributed by atoms with E-state index in [1.807, 2.05) is 12.1 Å². The quantitative estimate of drug-likeness (QED) is 0.301. The first-order valence-corrected chi connectivity index (χ1v) is 9.99. The number of ether oxygens (including phenoxy) is 3. The fourth-order valence-corrected chi connectivity index (χ4v) is 2.83. The second-order valence-electron chi connectivity index (χ2n) is 6.12. The van der Waals surface area contributed by atoms with E-state index in [4.69, 9.17) is 37.4 Å². The predicted molar refractivity (Wildman–Crippen MR) is 116 cm³/mol. The average molecular weight is 439 g/mol. The van der Waals surface area contributed by atoms with E-state index in [1.165, 1.54) is 6.21 Å². The van der Waals surface area contributed by atoms with Gasteiger partial charge in [0.05, 0.1) is 25.0 Å². The SMILES string of the molecule is CCCCCOc1ccc(/C=N/NC(=O)COc2ccc(Cl)cc2Cl)cc1OC. The second kappa shape index (κ2) is 12.2. The summed E-state index contributed by atoms with van der Waals surface area (Å²) in [4.78, 5) is 11.9. The van der Waals surface area contributed by atoms with E-state index in [-0.39, 0.29) is 6.61 Å². The van der Waals surface area contributed by atoms with E-state index >= 15 is 0 Å². The van der Waals surface area contributed by atoms with Crippen molar-refractivity contribution >= 4 is 35.3 Å². The molecule has 0 unspecified atom stereocenters. The number of unbranched alkanes of at least 4 members (excludes halogenated alkanes) is 2. The molecule has 0 atom stereocenters. The number of nitrogens with zero attached hydrogens (tertiary/aromatic N) is 1. The Bertz CT molecular complexity index is 843. The van der Waals surface area contributed by atoms with E-state index < -0.39 is 5.91 Å². The van der Waals surface area contributed by atoms with E-state index in [0.29, 0.717) is 33.9 Å². The maximum absolute atomic E-state index is 11.9. The number of hydrazone groups is 1. The van der Waals surface area contributed by atoms with Gasteiger partial charge in [-0.05, 0) is 48.4 Å². The number of rotatable bonds is 11. The number of nitrogens with one attached hydrogen (secondary N) is 1. The summed E-state index contributed by atoms with van der Waals surface area (Å²) in [6.45, 7) is 2.56. The summed E-state index contributed by atoms with van der Waals surface area (Å²) in [5.41, 5.74) is 3.15. The Hall–Kier alpha value is -2.44. The summed E-state index contributed by atoms with van der Waals surface area (Å²) in [6.07, 6.45) is 4.77. The number of methoxy groups -OCH3 is 1. The molecular weight excluding hydrogens is 415 g/mol. The number of benzene rings is 2. The predicted octanol–water partition coefficient (Wildman–Crippen LogP) is 5.10. The van der Waals surface area contributed by atoms with E-state index in [0.717, 1.165) is 24.8 Å². The Kier molecular flexibility index (Phi) is 9.60. The molecule has 2 aromatic rings. The van der Waals surface area contributed by atoms with Gasteiger partial charge in [0.1, 0.15) is 5.75 Å². The summed E-state index contributed by atoms with van der Waals surface area (Å²) in [6, 6.07) is 10.2. The van der Waals surface area contributed by atoms with Crippen LogP contribution >= 0.6 is 23.2 Å². The highest BCUT2D eigenvalue weighted by molar-refractivity contribution is 6.35. The third kappa shape index (κ3) is 7.83. The molecule has 0 saturated carbocycles. The summed E-state index contributed by atoms with van der Waals surface area (Å²) < 4.78 is 16.5. The molecule has 0 radical (unpaired) electrons. The Balaban J connectivity index is 1.84. The lowest BCUT2D eigenvalue weighted by Gasteiger charge is -2.11. The van der Waals surface area contributed by atoms with Gasteiger partial charge in [-0.25, -0.2) is 5.43 Å². The zero-order valence-corrected chi connectivity index (χ0v) is 17.9. The fourth-order valence-electron chi connectivity index (χ4n) is 2.36. The van der Waals surface area contributed by atoms with Gasteiger partial charge in [-0.15, -0.1) is 0 Å². The van der Waals surface area contributed by atoms with Crippen LogP contribution in [0.2, 0.25) is 10.0 Å². The van der Waals surface area contributed by atoms with E-state index in [9.17, 15) is 4.79 Å². The van der Waals surface area contributed by atoms with Crippen LogP contribution in [0.4, 0.5) is 0 Å². The van der Waals surface area contributed by atoms with Gasteiger partial charge in [0.15, 0.2) is 18.1 Å². The number of hydrogen-bond acceptors (Lipinski definition) is 5. The summed E-state index contributed by atoms with van der Waals surface area (Å²) in [7, 11) is 1.58. The molecule has 6 nitrogen and oxygen atoms in total. The minimum atomic E-state index is -0.421. The molecule has 29 heavy (non-hydrogen) atoms. The lowest BCUT2D eigenvalue weighted by Crippen LogP contribution is -2.24. The molecule has 1 amide bonds. The van der Waals surface area contributed by atoms with Crippen LogP contribution < -0.4 is 19.6 Å². The summed E-state index contributed by atoms with van der Waals surface area (Å²) in [5.74, 6) is 1.24. The largest absolute Gasteiger partial charge is 0.493 e. The van der Waals surface area contributed by atoms with Gasteiger partial charge in [0, 0.05) is 5.02 Å². The number of halogens is 2. The van der Waals surface area contributed by atoms with Crippen LogP contribution in [0.5, 0.6) is 17.2 Å². The Labute approximate surface area is 180 Å². The van der Waals surface area contributed by atoms with Crippen LogP contribution in [-0.4, -0.2) is 32.4 Å². The first-order chi connectivity index (χ1) is 14.0. The van der Waals surface area contributed by atoms with Crippen LogP contribution in [0, 0.1) is 0 Å². The standard InChI is InChI=1S/C21H24Cl2N2O4/c1-3-4-5-10-28-19-8-6-15(11-20(19)27-2)13-24-25-21(26)14-29-18-9-7-16(22)12-17(18)23/h6-9,11-13H,3-5,10,14H2,1-2H3,(H,25,26)/b24-13+. The topological polar surface area (TPSA) is 69.2 Å².